The molecule has 29 heteroatoms. The predicted octanol–water partition coefficient (Wildman–Crippen LogP) is 5.93. The van der Waals surface area contributed by atoms with E-state index in [0.29, 0.717) is 18.2 Å². The largest absolute Gasteiger partial charge is 0.507 e. The maximum atomic E-state index is 12.6. The molecule has 5 aromatic carbocycles. The molecular formula is C35H28N8O17S4. The number of nitrogens with two attached hydrogens (primary N) is 1. The average molecular weight is 961 g/mol. The van der Waals surface area contributed by atoms with Crippen LogP contribution in [0.25, 0.3) is 21.5 Å². The molecule has 0 aliphatic carbocycles. The molecule has 25 nitrogen and oxygen atoms in total. The summed E-state index contributed by atoms with van der Waals surface area (Å²) >= 11 is 0. The van der Waals surface area contributed by atoms with Crippen molar-refractivity contribution in [3.8, 4) is 17.4 Å². The van der Waals surface area contributed by atoms with Crippen LogP contribution in [0.3, 0.4) is 0 Å². The number of amides is 1. The molecule has 0 unspecified atom stereocenters. The van der Waals surface area contributed by atoms with E-state index >= 15 is 0 Å². The van der Waals surface area contributed by atoms with Crippen LogP contribution >= 0.6 is 0 Å². The number of benzene rings is 5. The van der Waals surface area contributed by atoms with Crippen LogP contribution in [0.2, 0.25) is 0 Å². The highest BCUT2D eigenvalue weighted by Gasteiger charge is 2.26. The fraction of sp³-hybridized carbons (Fsp3) is 0.0857. The summed E-state index contributed by atoms with van der Waals surface area (Å²) in [5.41, 5.74) is 1.21. The molecule has 0 aliphatic heterocycles. The van der Waals surface area contributed by atoms with Gasteiger partial charge in [-0.3, -0.25) is 32.4 Å². The van der Waals surface area contributed by atoms with Crippen molar-refractivity contribution in [2.45, 2.75) is 40.0 Å². The summed E-state index contributed by atoms with van der Waals surface area (Å²) in [6.45, 7) is 2.65. The molecule has 334 valence electrons. The van der Waals surface area contributed by atoms with Gasteiger partial charge in [0, 0.05) is 28.9 Å². The lowest BCUT2D eigenvalue weighted by Crippen LogP contribution is -2.30. The van der Waals surface area contributed by atoms with Gasteiger partial charge in [0.2, 0.25) is 5.88 Å². The SMILES string of the molecule is CCn1c(O)c(/N=N/c2ccc(/N=N/c3ccc(/N=N/c4c(S(=O)(=O)O)cc5cc(S(=O)(=O)O)cc(O)c5c4O)c4cc(S(=O)(=O)O)ccc34)c(S(=O)(=O)O)c2)c(C)c(C(N)=O)c1=O. The van der Waals surface area contributed by atoms with Gasteiger partial charge in [-0.2, -0.15) is 38.8 Å². The highest BCUT2D eigenvalue weighted by atomic mass is 32.2. The van der Waals surface area contributed by atoms with E-state index in [2.05, 4.69) is 30.7 Å². The first kappa shape index (κ1) is 46.4. The van der Waals surface area contributed by atoms with Crippen LogP contribution in [0.15, 0.2) is 122 Å². The number of nitrogens with zero attached hydrogens (tertiary/aromatic N) is 7. The third kappa shape index (κ3) is 9.02. The summed E-state index contributed by atoms with van der Waals surface area (Å²) in [6.07, 6.45) is 0. The molecular weight excluding hydrogens is 933 g/mol. The zero-order valence-electron chi connectivity index (χ0n) is 32.1. The number of pyridine rings is 1. The minimum absolute atomic E-state index is 0.0431. The van der Waals surface area contributed by atoms with E-state index in [4.69, 9.17) is 5.73 Å². The van der Waals surface area contributed by atoms with Crippen LogP contribution in [0.4, 0.5) is 34.1 Å². The Labute approximate surface area is 359 Å². The van der Waals surface area contributed by atoms with E-state index < -0.39 is 117 Å². The summed E-state index contributed by atoms with van der Waals surface area (Å²) in [7, 11) is -20.3. The number of carbonyl (C=O) groups excluding carboxylic acids is 1. The number of azo groups is 3. The average Bonchev–Trinajstić information content (AvgIpc) is 3.18. The summed E-state index contributed by atoms with van der Waals surface area (Å²) in [5.74, 6) is -3.94. The van der Waals surface area contributed by atoms with Gasteiger partial charge in [-0.25, -0.2) is 0 Å². The van der Waals surface area contributed by atoms with Crippen LogP contribution in [-0.4, -0.2) is 77.7 Å². The number of aromatic hydroxyl groups is 3. The van der Waals surface area contributed by atoms with Crippen molar-refractivity contribution in [3.05, 3.63) is 88.2 Å². The number of phenols is 2. The van der Waals surface area contributed by atoms with Gasteiger partial charge in [0.15, 0.2) is 5.75 Å². The second-order valence-electron chi connectivity index (χ2n) is 13.2. The van der Waals surface area contributed by atoms with E-state index in [0.717, 1.165) is 47.0 Å². The minimum Gasteiger partial charge on any atom is -0.507 e. The Hall–Kier alpha value is -7.12. The highest BCUT2D eigenvalue weighted by molar-refractivity contribution is 7.86. The molecule has 9 N–H and O–H groups in total. The van der Waals surface area contributed by atoms with Crippen LogP contribution in [0, 0.1) is 6.92 Å². The Morgan fingerprint density at radius 3 is 1.77 bits per heavy atom. The first-order valence-electron chi connectivity index (χ1n) is 17.3. The Morgan fingerprint density at radius 2 is 1.19 bits per heavy atom. The van der Waals surface area contributed by atoms with Crippen molar-refractivity contribution in [3.63, 3.8) is 0 Å². The highest BCUT2D eigenvalue weighted by Crippen LogP contribution is 2.46. The Morgan fingerprint density at radius 1 is 0.625 bits per heavy atom. The van der Waals surface area contributed by atoms with Gasteiger partial charge in [-0.15, -0.1) is 25.6 Å². The van der Waals surface area contributed by atoms with Crippen LogP contribution < -0.4 is 11.3 Å². The fourth-order valence-electron chi connectivity index (χ4n) is 6.19. The van der Waals surface area contributed by atoms with Crippen molar-refractivity contribution < 1.29 is 72.0 Å². The zero-order valence-corrected chi connectivity index (χ0v) is 35.4. The molecule has 1 aromatic heterocycles. The van der Waals surface area contributed by atoms with Gasteiger partial charge in [0.05, 0.1) is 32.2 Å². The van der Waals surface area contributed by atoms with Crippen LogP contribution in [-0.2, 0) is 47.0 Å². The van der Waals surface area contributed by atoms with E-state index in [1.54, 1.807) is 0 Å². The topological polar surface area (TPSA) is 417 Å². The molecule has 0 fully saturated rings. The maximum Gasteiger partial charge on any atom is 0.296 e. The van der Waals surface area contributed by atoms with Gasteiger partial charge >= 0.3 is 0 Å². The second-order valence-corrected chi connectivity index (χ2v) is 18.8. The fourth-order valence-corrected chi connectivity index (χ4v) is 8.54. The van der Waals surface area contributed by atoms with Gasteiger partial charge in [-0.05, 0) is 73.8 Å². The molecule has 0 atom stereocenters. The van der Waals surface area contributed by atoms with Crippen molar-refractivity contribution in [2.75, 3.05) is 0 Å². The zero-order chi connectivity index (χ0) is 47.4. The number of rotatable bonds is 12. The molecule has 0 radical (unpaired) electrons. The molecule has 1 amide bonds. The van der Waals surface area contributed by atoms with Gasteiger partial charge in [0.25, 0.3) is 51.9 Å². The third-order valence-corrected chi connectivity index (χ3v) is 12.6. The van der Waals surface area contributed by atoms with E-state index in [1.165, 1.54) is 19.9 Å². The number of carbonyl (C=O) groups is 1. The number of primary amides is 1. The van der Waals surface area contributed by atoms with Crippen molar-refractivity contribution in [2.24, 2.45) is 36.4 Å². The number of fused-ring (bicyclic) bond motifs is 2. The van der Waals surface area contributed by atoms with Gasteiger partial charge in [-0.1, -0.05) is 6.07 Å². The standard InChI is InChI=1S/C35H28N8O17S4/c1-3-43-34(47)28(33(36)46)15(2)30(35(43)48)41-37-17-4-7-24(26(12-17)63(55,56)57)40-38-22-8-9-23(21-13-18(61(49,50)51)5-6-20(21)22)39-42-31-27(64(58,59)60)11-16-10-19(62(52,53)54)14-25(44)29(16)32(31)45/h4-14,44-45,48H,3H2,1-2H3,(H2,36,46)(H,49,50,51)(H,52,53,54)(H,55,56,57)(H,58,59,60)/b40-38+,41-37+,42-39+. The molecule has 6 aromatic rings. The maximum absolute atomic E-state index is 12.6. The Kier molecular flexibility index (Phi) is 12.0. The Balaban J connectivity index is 1.46. The third-order valence-electron chi connectivity index (χ3n) is 9.15. The molecule has 0 bridgehead atoms. The van der Waals surface area contributed by atoms with Gasteiger partial charge in [0.1, 0.15) is 38.2 Å². The lowest BCUT2D eigenvalue weighted by molar-refractivity contribution is 0.0997. The smallest absolute Gasteiger partial charge is 0.296 e. The van der Waals surface area contributed by atoms with Gasteiger partial charge < -0.3 is 21.1 Å². The van der Waals surface area contributed by atoms with E-state index in [-0.39, 0.29) is 45.6 Å². The van der Waals surface area contributed by atoms with Crippen molar-refractivity contribution in [1.82, 2.24) is 4.57 Å². The molecule has 0 aliphatic rings. The van der Waals surface area contributed by atoms with E-state index in [1.807, 2.05) is 0 Å². The summed E-state index contributed by atoms with van der Waals surface area (Å²) in [6, 6.07) is 9.93. The lowest BCUT2D eigenvalue weighted by Gasteiger charge is -2.12. The first-order valence-corrected chi connectivity index (χ1v) is 23.0. The number of phenolic OH excluding ortho intramolecular Hbond substituents is 2. The molecule has 0 spiro atoms. The summed E-state index contributed by atoms with van der Waals surface area (Å²) in [4.78, 5) is 21.0. The number of aromatic nitrogens is 1. The van der Waals surface area contributed by atoms with Crippen LogP contribution in [0.5, 0.6) is 17.4 Å². The van der Waals surface area contributed by atoms with Crippen LogP contribution in [0.1, 0.15) is 22.8 Å². The molecule has 0 saturated carbocycles. The normalized spacial score (nSPS) is 13.0. The van der Waals surface area contributed by atoms with Crippen molar-refractivity contribution in [1.29, 1.82) is 0 Å². The lowest BCUT2D eigenvalue weighted by atomic mass is 10.1. The second kappa shape index (κ2) is 16.5. The number of hydrogen-bond donors (Lipinski definition) is 8. The van der Waals surface area contributed by atoms with E-state index in [9.17, 15) is 76.8 Å². The van der Waals surface area contributed by atoms with Crippen molar-refractivity contribution >= 4 is 102 Å². The molecule has 1 heterocycles. The molecule has 0 saturated heterocycles. The Bertz CT molecular complexity index is 3650. The first-order chi connectivity index (χ1) is 29.6. The predicted molar refractivity (Wildman–Crippen MR) is 221 cm³/mol. The monoisotopic (exact) mass is 960 g/mol. The number of hydrogen-bond acceptors (Lipinski definition) is 19. The molecule has 64 heavy (non-hydrogen) atoms. The summed E-state index contributed by atoms with van der Waals surface area (Å²) in [5, 5.41) is 54.1. The summed E-state index contributed by atoms with van der Waals surface area (Å²) < 4.78 is 138. The molecule has 6 rings (SSSR count). The minimum atomic E-state index is -5.32. The quantitative estimate of drug-likeness (QED) is 0.0520.